The monoisotopic (exact) mass is 299 g/mol. The summed E-state index contributed by atoms with van der Waals surface area (Å²) in [6, 6.07) is 11.5. The minimum Gasteiger partial charge on any atom is -0.437 e. The van der Waals surface area contributed by atoms with E-state index in [2.05, 4.69) is 15.3 Å². The molecule has 2 aromatic carbocycles. The van der Waals surface area contributed by atoms with Crippen molar-refractivity contribution >= 4 is 22.4 Å². The summed E-state index contributed by atoms with van der Waals surface area (Å²) in [4.78, 5) is 8.55. The Bertz CT molecular complexity index is 776. The summed E-state index contributed by atoms with van der Waals surface area (Å²) < 4.78 is 5.87. The first-order chi connectivity index (χ1) is 10.3. The van der Waals surface area contributed by atoms with Crippen LogP contribution in [0.15, 0.2) is 48.8 Å². The highest BCUT2D eigenvalue weighted by Crippen LogP contribution is 2.33. The van der Waals surface area contributed by atoms with Crippen molar-refractivity contribution in [1.82, 2.24) is 15.3 Å². The first-order valence-corrected chi connectivity index (χ1v) is 6.96. The van der Waals surface area contributed by atoms with Gasteiger partial charge in [-0.05, 0) is 19.2 Å². The van der Waals surface area contributed by atoms with Gasteiger partial charge in [-0.2, -0.15) is 0 Å². The Morgan fingerprint density at radius 1 is 1.10 bits per heavy atom. The second-order valence-electron chi connectivity index (χ2n) is 4.57. The van der Waals surface area contributed by atoms with Gasteiger partial charge in [0.25, 0.3) is 0 Å². The third-order valence-corrected chi connectivity index (χ3v) is 3.40. The molecule has 106 valence electrons. The SMILES string of the molecule is CNCc1cncc(Oc2ccc(Cl)c3ccccc23)n1. The lowest BCUT2D eigenvalue weighted by Gasteiger charge is -2.09. The van der Waals surface area contributed by atoms with Gasteiger partial charge in [0.05, 0.1) is 11.9 Å². The summed E-state index contributed by atoms with van der Waals surface area (Å²) in [6.45, 7) is 0.644. The number of aromatic nitrogens is 2. The van der Waals surface area contributed by atoms with Gasteiger partial charge in [0.1, 0.15) is 5.75 Å². The van der Waals surface area contributed by atoms with E-state index in [1.54, 1.807) is 12.4 Å². The zero-order valence-corrected chi connectivity index (χ0v) is 12.3. The van der Waals surface area contributed by atoms with Gasteiger partial charge in [-0.1, -0.05) is 35.9 Å². The Labute approximate surface area is 127 Å². The molecule has 3 aromatic rings. The average molecular weight is 300 g/mol. The highest BCUT2D eigenvalue weighted by molar-refractivity contribution is 6.35. The van der Waals surface area contributed by atoms with E-state index in [0.29, 0.717) is 23.2 Å². The molecule has 0 bridgehead atoms. The van der Waals surface area contributed by atoms with E-state index < -0.39 is 0 Å². The van der Waals surface area contributed by atoms with Crippen molar-refractivity contribution in [2.75, 3.05) is 7.05 Å². The normalized spacial score (nSPS) is 10.8. The number of hydrogen-bond donors (Lipinski definition) is 1. The number of nitrogens with one attached hydrogen (secondary N) is 1. The first-order valence-electron chi connectivity index (χ1n) is 6.58. The third kappa shape index (κ3) is 2.96. The van der Waals surface area contributed by atoms with Crippen LogP contribution in [-0.4, -0.2) is 17.0 Å². The molecule has 1 N–H and O–H groups in total. The van der Waals surface area contributed by atoms with E-state index in [1.165, 1.54) is 0 Å². The molecule has 3 rings (SSSR count). The molecular weight excluding hydrogens is 286 g/mol. The van der Waals surface area contributed by atoms with Crippen LogP contribution >= 0.6 is 11.6 Å². The zero-order chi connectivity index (χ0) is 14.7. The fourth-order valence-corrected chi connectivity index (χ4v) is 2.37. The average Bonchev–Trinajstić information content (AvgIpc) is 2.51. The molecule has 0 atom stereocenters. The number of benzene rings is 2. The number of nitrogens with zero attached hydrogens (tertiary/aromatic N) is 2. The number of fused-ring (bicyclic) bond motifs is 1. The van der Waals surface area contributed by atoms with Crippen LogP contribution in [0.2, 0.25) is 5.02 Å². The molecule has 21 heavy (non-hydrogen) atoms. The molecule has 0 aliphatic carbocycles. The molecule has 0 amide bonds. The van der Waals surface area contributed by atoms with Crippen molar-refractivity contribution in [3.8, 4) is 11.6 Å². The van der Waals surface area contributed by atoms with Crippen LogP contribution in [0.5, 0.6) is 11.6 Å². The Kier molecular flexibility index (Phi) is 3.99. The number of rotatable bonds is 4. The van der Waals surface area contributed by atoms with Gasteiger partial charge in [0.15, 0.2) is 0 Å². The van der Waals surface area contributed by atoms with Crippen molar-refractivity contribution in [2.24, 2.45) is 0 Å². The molecule has 0 radical (unpaired) electrons. The van der Waals surface area contributed by atoms with E-state index in [4.69, 9.17) is 16.3 Å². The number of ether oxygens (including phenoxy) is 1. The van der Waals surface area contributed by atoms with Crippen LogP contribution in [0.3, 0.4) is 0 Å². The predicted molar refractivity (Wildman–Crippen MR) is 83.8 cm³/mol. The van der Waals surface area contributed by atoms with Crippen LogP contribution in [0.4, 0.5) is 0 Å². The van der Waals surface area contributed by atoms with Crippen molar-refractivity contribution in [1.29, 1.82) is 0 Å². The summed E-state index contributed by atoms with van der Waals surface area (Å²) in [5.74, 6) is 1.18. The second-order valence-corrected chi connectivity index (χ2v) is 4.98. The summed E-state index contributed by atoms with van der Waals surface area (Å²) in [7, 11) is 1.86. The van der Waals surface area contributed by atoms with Crippen LogP contribution < -0.4 is 10.1 Å². The minimum atomic E-state index is 0.468. The summed E-state index contributed by atoms with van der Waals surface area (Å²) >= 11 is 6.21. The zero-order valence-electron chi connectivity index (χ0n) is 11.5. The van der Waals surface area contributed by atoms with E-state index in [1.807, 2.05) is 43.4 Å². The summed E-state index contributed by atoms with van der Waals surface area (Å²) in [6.07, 6.45) is 3.31. The van der Waals surface area contributed by atoms with Gasteiger partial charge >= 0.3 is 0 Å². The minimum absolute atomic E-state index is 0.468. The molecule has 0 saturated heterocycles. The lowest BCUT2D eigenvalue weighted by atomic mass is 10.1. The summed E-state index contributed by atoms with van der Waals surface area (Å²) in [5.41, 5.74) is 0.827. The lowest BCUT2D eigenvalue weighted by molar-refractivity contribution is 0.462. The molecule has 0 saturated carbocycles. The van der Waals surface area contributed by atoms with Gasteiger partial charge in [-0.25, -0.2) is 4.98 Å². The van der Waals surface area contributed by atoms with Gasteiger partial charge in [0, 0.05) is 28.5 Å². The van der Waals surface area contributed by atoms with Crippen molar-refractivity contribution < 1.29 is 4.74 Å². The van der Waals surface area contributed by atoms with Gasteiger partial charge in [-0.3, -0.25) is 4.98 Å². The molecule has 1 heterocycles. The fraction of sp³-hybridized carbons (Fsp3) is 0.125. The molecular formula is C16H14ClN3O. The maximum atomic E-state index is 6.21. The standard InChI is InChI=1S/C16H14ClN3O/c1-18-8-11-9-19-10-16(20-11)21-15-7-6-14(17)12-4-2-3-5-13(12)15/h2-7,9-10,18H,8H2,1H3. The second kappa shape index (κ2) is 6.08. The lowest BCUT2D eigenvalue weighted by Crippen LogP contribution is -2.07. The van der Waals surface area contributed by atoms with Crippen LogP contribution in [0.25, 0.3) is 10.8 Å². The van der Waals surface area contributed by atoms with E-state index in [9.17, 15) is 0 Å². The van der Waals surface area contributed by atoms with E-state index in [0.717, 1.165) is 16.5 Å². The Hall–Kier alpha value is -2.17. The van der Waals surface area contributed by atoms with E-state index >= 15 is 0 Å². The molecule has 0 unspecified atom stereocenters. The fourth-order valence-electron chi connectivity index (χ4n) is 2.14. The number of hydrogen-bond acceptors (Lipinski definition) is 4. The molecule has 1 aromatic heterocycles. The Morgan fingerprint density at radius 3 is 2.71 bits per heavy atom. The molecule has 0 spiro atoms. The molecule has 0 fully saturated rings. The van der Waals surface area contributed by atoms with Crippen LogP contribution in [-0.2, 0) is 6.54 Å². The molecule has 0 aliphatic rings. The van der Waals surface area contributed by atoms with Crippen molar-refractivity contribution in [3.63, 3.8) is 0 Å². The molecule has 5 heteroatoms. The van der Waals surface area contributed by atoms with Gasteiger partial charge < -0.3 is 10.1 Å². The van der Waals surface area contributed by atoms with Crippen LogP contribution in [0.1, 0.15) is 5.69 Å². The highest BCUT2D eigenvalue weighted by Gasteiger charge is 2.07. The predicted octanol–water partition coefficient (Wildman–Crippen LogP) is 3.79. The third-order valence-electron chi connectivity index (χ3n) is 3.07. The van der Waals surface area contributed by atoms with E-state index in [-0.39, 0.29) is 0 Å². The Balaban J connectivity index is 1.98. The first kappa shape index (κ1) is 13.8. The maximum Gasteiger partial charge on any atom is 0.238 e. The highest BCUT2D eigenvalue weighted by atomic mass is 35.5. The Morgan fingerprint density at radius 2 is 1.90 bits per heavy atom. The maximum absolute atomic E-state index is 6.21. The molecule has 4 nitrogen and oxygen atoms in total. The quantitative estimate of drug-likeness (QED) is 0.796. The smallest absolute Gasteiger partial charge is 0.238 e. The van der Waals surface area contributed by atoms with Crippen LogP contribution in [0, 0.1) is 0 Å². The topological polar surface area (TPSA) is 47.0 Å². The summed E-state index contributed by atoms with van der Waals surface area (Å²) in [5, 5.41) is 5.64. The van der Waals surface area contributed by atoms with Gasteiger partial charge in [0.2, 0.25) is 5.88 Å². The van der Waals surface area contributed by atoms with Gasteiger partial charge in [-0.15, -0.1) is 0 Å². The van der Waals surface area contributed by atoms with Crippen molar-refractivity contribution in [3.05, 3.63) is 59.5 Å². The van der Waals surface area contributed by atoms with Crippen molar-refractivity contribution in [2.45, 2.75) is 6.54 Å². The molecule has 0 aliphatic heterocycles. The largest absolute Gasteiger partial charge is 0.437 e. The number of halogens is 1.